The van der Waals surface area contributed by atoms with E-state index in [4.69, 9.17) is 20.5 Å². The van der Waals surface area contributed by atoms with Crippen LogP contribution < -0.4 is 0 Å². The Morgan fingerprint density at radius 2 is 2.19 bits per heavy atom. The van der Waals surface area contributed by atoms with Gasteiger partial charge in [0, 0.05) is 6.07 Å². The van der Waals surface area contributed by atoms with Crippen molar-refractivity contribution in [1.29, 1.82) is 0 Å². The molecule has 0 spiro atoms. The van der Waals surface area contributed by atoms with E-state index in [-0.39, 0.29) is 18.1 Å². The third-order valence-electron chi connectivity index (χ3n) is 3.31. The van der Waals surface area contributed by atoms with Gasteiger partial charge in [-0.15, -0.1) is 0 Å². The van der Waals surface area contributed by atoms with Crippen molar-refractivity contribution in [3.05, 3.63) is 33.3 Å². The van der Waals surface area contributed by atoms with E-state index in [1.165, 1.54) is 0 Å². The van der Waals surface area contributed by atoms with E-state index in [0.717, 1.165) is 30.2 Å². The summed E-state index contributed by atoms with van der Waals surface area (Å²) in [7, 11) is -3.19. The molecule has 2 rings (SSSR count). The molecule has 1 atom stereocenters. The van der Waals surface area contributed by atoms with Gasteiger partial charge in [-0.1, -0.05) is 11.6 Å². The number of rotatable bonds is 7. The maximum atomic E-state index is 12.1. The molecular weight excluding hydrogens is 396 g/mol. The molecule has 1 amide bonds. The molecule has 1 aromatic rings. The van der Waals surface area contributed by atoms with Crippen LogP contribution in [-0.2, 0) is 28.6 Å². The minimum absolute atomic E-state index is 0.0791. The molecule has 0 unspecified atom stereocenters. The maximum Gasteiger partial charge on any atom is 0.410 e. The van der Waals surface area contributed by atoms with Crippen LogP contribution >= 0.6 is 11.6 Å². The minimum atomic E-state index is -4.35. The molecule has 1 saturated heterocycles. The third-order valence-corrected chi connectivity index (χ3v) is 4.91. The molecule has 142 valence electrons. The lowest BCUT2D eigenvalue weighted by Crippen LogP contribution is -2.32. The lowest BCUT2D eigenvalue weighted by atomic mass is 10.3. The number of carbonyl (C=O) groups excluding carboxylic acids is 2. The standard InChI is InChI=1S/C13H13ClN2O9S/c1-23-12(17)6-15-5-8(25-13(15)18)7-24-26(21,22)9-2-3-10(14)11(4-9)16(19)20/h2-4,8H,5-7H2,1H3/t8-/m0/s1. The van der Waals surface area contributed by atoms with Crippen LogP contribution in [0.1, 0.15) is 0 Å². The van der Waals surface area contributed by atoms with Crippen molar-refractivity contribution in [1.82, 2.24) is 4.90 Å². The number of carbonyl (C=O) groups is 2. The molecule has 1 aliphatic heterocycles. The second kappa shape index (κ2) is 7.85. The molecule has 0 aliphatic carbocycles. The van der Waals surface area contributed by atoms with Gasteiger partial charge < -0.3 is 9.47 Å². The predicted molar refractivity (Wildman–Crippen MR) is 85.1 cm³/mol. The SMILES string of the molecule is COC(=O)CN1C[C@@H](COS(=O)(=O)c2ccc(Cl)c([N+](=O)[O-])c2)OC1=O. The van der Waals surface area contributed by atoms with Crippen LogP contribution in [0.25, 0.3) is 0 Å². The van der Waals surface area contributed by atoms with Gasteiger partial charge in [-0.2, -0.15) is 8.42 Å². The van der Waals surface area contributed by atoms with Crippen LogP contribution in [0, 0.1) is 10.1 Å². The summed E-state index contributed by atoms with van der Waals surface area (Å²) in [6.07, 6.45) is -1.76. The number of halogens is 1. The van der Waals surface area contributed by atoms with E-state index in [1.807, 2.05) is 0 Å². The van der Waals surface area contributed by atoms with Crippen LogP contribution in [0.15, 0.2) is 23.1 Å². The van der Waals surface area contributed by atoms with Crippen LogP contribution in [0.2, 0.25) is 5.02 Å². The molecule has 11 nitrogen and oxygen atoms in total. The molecule has 0 N–H and O–H groups in total. The molecule has 0 saturated carbocycles. The largest absolute Gasteiger partial charge is 0.468 e. The molecule has 13 heteroatoms. The van der Waals surface area contributed by atoms with Crippen LogP contribution in [0.4, 0.5) is 10.5 Å². The Bertz CT molecular complexity index is 842. The average Bonchev–Trinajstić information content (AvgIpc) is 2.92. The average molecular weight is 409 g/mol. The molecule has 1 fully saturated rings. The quantitative estimate of drug-likeness (QED) is 0.278. The van der Waals surface area contributed by atoms with Gasteiger partial charge in [0.1, 0.15) is 29.2 Å². The zero-order valence-corrected chi connectivity index (χ0v) is 14.9. The van der Waals surface area contributed by atoms with E-state index >= 15 is 0 Å². The fourth-order valence-corrected chi connectivity index (χ4v) is 3.18. The summed E-state index contributed by atoms with van der Waals surface area (Å²) in [6.45, 7) is -0.950. The summed E-state index contributed by atoms with van der Waals surface area (Å²) in [5, 5.41) is 10.6. The Balaban J connectivity index is 2.03. The highest BCUT2D eigenvalue weighted by atomic mass is 35.5. The lowest BCUT2D eigenvalue weighted by molar-refractivity contribution is -0.384. The first-order valence-electron chi connectivity index (χ1n) is 7.00. The molecule has 0 bridgehead atoms. The molecular formula is C13H13ClN2O9S. The second-order valence-corrected chi connectivity index (χ2v) is 7.09. The van der Waals surface area contributed by atoms with Gasteiger partial charge in [-0.05, 0) is 12.1 Å². The van der Waals surface area contributed by atoms with Gasteiger partial charge in [0.2, 0.25) is 0 Å². The maximum absolute atomic E-state index is 12.1. The monoisotopic (exact) mass is 408 g/mol. The molecule has 0 radical (unpaired) electrons. The lowest BCUT2D eigenvalue weighted by Gasteiger charge is -2.11. The van der Waals surface area contributed by atoms with Gasteiger partial charge in [-0.25, -0.2) is 4.79 Å². The fourth-order valence-electron chi connectivity index (χ4n) is 2.03. The van der Waals surface area contributed by atoms with Crippen molar-refractivity contribution >= 4 is 39.5 Å². The van der Waals surface area contributed by atoms with E-state index in [2.05, 4.69) is 4.74 Å². The predicted octanol–water partition coefficient (Wildman–Crippen LogP) is 0.947. The highest BCUT2D eigenvalue weighted by Crippen LogP contribution is 2.28. The van der Waals surface area contributed by atoms with E-state index in [0.29, 0.717) is 0 Å². The summed E-state index contributed by atoms with van der Waals surface area (Å²) in [5.41, 5.74) is -0.590. The van der Waals surface area contributed by atoms with Crippen LogP contribution in [0.5, 0.6) is 0 Å². The highest BCUT2D eigenvalue weighted by molar-refractivity contribution is 7.86. The van der Waals surface area contributed by atoms with Crippen molar-refractivity contribution in [2.24, 2.45) is 0 Å². The number of esters is 1. The number of nitrogens with zero attached hydrogens (tertiary/aromatic N) is 2. The summed E-state index contributed by atoms with van der Waals surface area (Å²) < 4.78 is 38.4. The normalized spacial score (nSPS) is 17.1. The van der Waals surface area contributed by atoms with Gasteiger partial charge in [0.05, 0.1) is 18.6 Å². The van der Waals surface area contributed by atoms with E-state index < -0.39 is 50.4 Å². The first kappa shape index (κ1) is 19.9. The van der Waals surface area contributed by atoms with Crippen molar-refractivity contribution in [2.45, 2.75) is 11.0 Å². The van der Waals surface area contributed by atoms with Crippen molar-refractivity contribution in [3.8, 4) is 0 Å². The highest BCUT2D eigenvalue weighted by Gasteiger charge is 2.34. The number of cyclic esters (lactones) is 1. The third kappa shape index (κ3) is 4.59. The number of hydrogen-bond acceptors (Lipinski definition) is 9. The Morgan fingerprint density at radius 1 is 1.50 bits per heavy atom. The summed E-state index contributed by atoms with van der Waals surface area (Å²) in [6, 6.07) is 2.88. The van der Waals surface area contributed by atoms with E-state index in [1.54, 1.807) is 0 Å². The first-order chi connectivity index (χ1) is 12.1. The smallest absolute Gasteiger partial charge is 0.410 e. The van der Waals surface area contributed by atoms with Crippen molar-refractivity contribution in [2.75, 3.05) is 26.8 Å². The van der Waals surface area contributed by atoms with Gasteiger partial charge >= 0.3 is 12.1 Å². The number of benzene rings is 1. The summed E-state index contributed by atoms with van der Waals surface area (Å²) in [4.78, 5) is 33.3. The van der Waals surface area contributed by atoms with Crippen LogP contribution in [0.3, 0.4) is 0 Å². The summed E-state index contributed by atoms with van der Waals surface area (Å²) >= 11 is 5.63. The zero-order chi connectivity index (χ0) is 19.5. The fraction of sp³-hybridized carbons (Fsp3) is 0.385. The van der Waals surface area contributed by atoms with Gasteiger partial charge in [0.15, 0.2) is 0 Å². The number of amides is 1. The van der Waals surface area contributed by atoms with Gasteiger partial charge in [-0.3, -0.25) is 24.0 Å². The van der Waals surface area contributed by atoms with Crippen LogP contribution in [-0.4, -0.2) is 63.2 Å². The Hall–Kier alpha value is -2.44. The van der Waals surface area contributed by atoms with E-state index in [9.17, 15) is 28.1 Å². The van der Waals surface area contributed by atoms with Crippen molar-refractivity contribution < 1.29 is 36.6 Å². The Labute approximate surface area is 152 Å². The molecule has 1 aliphatic rings. The zero-order valence-electron chi connectivity index (χ0n) is 13.3. The number of hydrogen-bond donors (Lipinski definition) is 0. The molecule has 0 aromatic heterocycles. The molecule has 26 heavy (non-hydrogen) atoms. The molecule has 1 heterocycles. The Morgan fingerprint density at radius 3 is 2.81 bits per heavy atom. The summed E-state index contributed by atoms with van der Waals surface area (Å²) in [5.74, 6) is -0.662. The first-order valence-corrected chi connectivity index (χ1v) is 8.78. The number of ether oxygens (including phenoxy) is 2. The topological polar surface area (TPSA) is 142 Å². The Kier molecular flexibility index (Phi) is 6.00. The number of methoxy groups -OCH3 is 1. The second-order valence-electron chi connectivity index (χ2n) is 5.07. The van der Waals surface area contributed by atoms with Gasteiger partial charge in [0.25, 0.3) is 15.8 Å². The number of nitro groups is 1. The molecule has 1 aromatic carbocycles. The van der Waals surface area contributed by atoms with Crippen molar-refractivity contribution in [3.63, 3.8) is 0 Å². The minimum Gasteiger partial charge on any atom is -0.468 e. The number of nitro benzene ring substituents is 1.